The van der Waals surface area contributed by atoms with Crippen LogP contribution in [0.3, 0.4) is 0 Å². The first-order valence-electron chi connectivity index (χ1n) is 15.1. The van der Waals surface area contributed by atoms with Crippen LogP contribution in [0.4, 0.5) is 27.6 Å². The number of ether oxygens (including phenoxy) is 1. The van der Waals surface area contributed by atoms with Crippen LogP contribution in [0.15, 0.2) is 66.7 Å². The van der Waals surface area contributed by atoms with Crippen molar-refractivity contribution in [2.24, 2.45) is 0 Å². The molecule has 3 aromatic rings. The van der Waals surface area contributed by atoms with Crippen molar-refractivity contribution < 1.29 is 36.3 Å². The van der Waals surface area contributed by atoms with Crippen LogP contribution >= 0.6 is 0 Å². The van der Waals surface area contributed by atoms with E-state index in [9.17, 15) is 31.5 Å². The van der Waals surface area contributed by atoms with Crippen molar-refractivity contribution in [3.05, 3.63) is 101 Å². The first-order chi connectivity index (χ1) is 21.5. The predicted molar refractivity (Wildman–Crippen MR) is 162 cm³/mol. The lowest BCUT2D eigenvalue weighted by molar-refractivity contribution is -0.129. The van der Waals surface area contributed by atoms with Gasteiger partial charge in [0.05, 0.1) is 19.1 Å². The Morgan fingerprint density at radius 2 is 1.60 bits per heavy atom. The van der Waals surface area contributed by atoms with E-state index in [4.69, 9.17) is 4.74 Å². The van der Waals surface area contributed by atoms with E-state index in [1.54, 1.807) is 37.3 Å². The second kappa shape index (κ2) is 15.9. The van der Waals surface area contributed by atoms with Crippen molar-refractivity contribution in [2.45, 2.75) is 69.4 Å². The maximum Gasteiger partial charge on any atom is 0.256 e. The normalized spacial score (nSPS) is 16.9. The lowest BCUT2D eigenvalue weighted by Gasteiger charge is -2.31. The number of nitrogens with one attached hydrogen (secondary N) is 3. The highest BCUT2D eigenvalue weighted by Crippen LogP contribution is 2.30. The average molecular weight is 632 g/mol. The molecule has 2 atom stereocenters. The molecule has 2 amide bonds. The lowest BCUT2D eigenvalue weighted by Crippen LogP contribution is -2.52. The van der Waals surface area contributed by atoms with Gasteiger partial charge in [-0.2, -0.15) is 0 Å². The highest BCUT2D eigenvalue weighted by molar-refractivity contribution is 5.92. The molecule has 0 saturated carbocycles. The number of anilines is 1. The Morgan fingerprint density at radius 3 is 2.18 bits per heavy atom. The van der Waals surface area contributed by atoms with Crippen molar-refractivity contribution >= 4 is 17.5 Å². The van der Waals surface area contributed by atoms with Gasteiger partial charge in [0.1, 0.15) is 17.5 Å². The zero-order chi connectivity index (χ0) is 32.4. The maximum absolute atomic E-state index is 15.0. The first-order valence-corrected chi connectivity index (χ1v) is 15.1. The van der Waals surface area contributed by atoms with Gasteiger partial charge in [0.15, 0.2) is 0 Å². The molecule has 242 valence electrons. The minimum atomic E-state index is -3.03. The van der Waals surface area contributed by atoms with Crippen molar-refractivity contribution in [1.29, 1.82) is 0 Å². The highest BCUT2D eigenvalue weighted by Gasteiger charge is 2.31. The summed E-state index contributed by atoms with van der Waals surface area (Å²) >= 11 is 0. The molecular formula is C34H38F5N3O3. The van der Waals surface area contributed by atoms with Crippen LogP contribution in [0.2, 0.25) is 0 Å². The van der Waals surface area contributed by atoms with E-state index >= 15 is 0 Å². The first kappa shape index (κ1) is 34.1. The second-order valence-electron chi connectivity index (χ2n) is 11.4. The monoisotopic (exact) mass is 631 g/mol. The molecule has 4 rings (SSSR count). The fourth-order valence-corrected chi connectivity index (χ4v) is 5.41. The Bertz CT molecular complexity index is 1370. The van der Waals surface area contributed by atoms with E-state index < -0.39 is 47.5 Å². The van der Waals surface area contributed by atoms with Gasteiger partial charge in [0.2, 0.25) is 11.8 Å². The molecule has 3 N–H and O–H groups in total. The Kier molecular flexibility index (Phi) is 12.1. The fourth-order valence-electron chi connectivity index (χ4n) is 5.41. The summed E-state index contributed by atoms with van der Waals surface area (Å²) in [7, 11) is 0. The third-order valence-corrected chi connectivity index (χ3v) is 7.79. The van der Waals surface area contributed by atoms with Gasteiger partial charge in [-0.3, -0.25) is 9.59 Å². The molecule has 45 heavy (non-hydrogen) atoms. The van der Waals surface area contributed by atoms with E-state index in [0.29, 0.717) is 35.3 Å². The lowest BCUT2D eigenvalue weighted by atomic mass is 9.88. The standard InChI is InChI=1S/C34H38F5N3O3/c1-2-16-34(38,39)18-33(44)41-19-26-21-45-27(20-40-26)14-15-28-30(37)4-3-5-31(28)42-32(43)17-29(22-6-10-24(35)11-7-22)23-8-12-25(36)13-9-23/h3-13,26-27,29,40H,2,14-21H2,1H3,(H,41,44)(H,42,43). The zero-order valence-corrected chi connectivity index (χ0v) is 25.1. The van der Waals surface area contributed by atoms with Crippen LogP contribution in [0.1, 0.15) is 61.6 Å². The predicted octanol–water partition coefficient (Wildman–Crippen LogP) is 6.50. The molecule has 6 nitrogen and oxygen atoms in total. The van der Waals surface area contributed by atoms with E-state index in [1.165, 1.54) is 36.4 Å². The number of hydrogen-bond donors (Lipinski definition) is 3. The van der Waals surface area contributed by atoms with Crippen molar-refractivity contribution in [1.82, 2.24) is 10.6 Å². The minimum absolute atomic E-state index is 0.0446. The summed E-state index contributed by atoms with van der Waals surface area (Å²) in [4.78, 5) is 25.2. The molecule has 1 saturated heterocycles. The Labute approximate surface area is 259 Å². The van der Waals surface area contributed by atoms with Crippen molar-refractivity contribution in [2.75, 3.05) is 25.0 Å². The molecule has 1 aliphatic rings. The van der Waals surface area contributed by atoms with E-state index in [2.05, 4.69) is 16.0 Å². The molecule has 11 heteroatoms. The van der Waals surface area contributed by atoms with Gasteiger partial charge >= 0.3 is 0 Å². The van der Waals surface area contributed by atoms with Gasteiger partial charge in [0.25, 0.3) is 5.92 Å². The smallest absolute Gasteiger partial charge is 0.256 e. The van der Waals surface area contributed by atoms with E-state index in [1.807, 2.05) is 0 Å². The number of hydrogen-bond acceptors (Lipinski definition) is 4. The number of benzene rings is 3. The van der Waals surface area contributed by atoms with Crippen LogP contribution in [0.5, 0.6) is 0 Å². The fraction of sp³-hybridized carbons (Fsp3) is 0.412. The van der Waals surface area contributed by atoms with Gasteiger partial charge in [0, 0.05) is 49.1 Å². The number of carbonyl (C=O) groups is 2. The number of morpholine rings is 1. The quantitative estimate of drug-likeness (QED) is 0.178. The molecular weight excluding hydrogens is 593 g/mol. The van der Waals surface area contributed by atoms with Crippen molar-refractivity contribution in [3.63, 3.8) is 0 Å². The largest absolute Gasteiger partial charge is 0.375 e. The van der Waals surface area contributed by atoms with E-state index in [-0.39, 0.29) is 51.0 Å². The summed E-state index contributed by atoms with van der Waals surface area (Å²) in [6, 6.07) is 15.7. The van der Waals surface area contributed by atoms with Crippen LogP contribution in [-0.4, -0.2) is 49.6 Å². The summed E-state index contributed by atoms with van der Waals surface area (Å²) in [6.07, 6.45) is -0.512. The Hall–Kier alpha value is -3.83. The highest BCUT2D eigenvalue weighted by atomic mass is 19.3. The average Bonchev–Trinajstić information content (AvgIpc) is 3.00. The minimum Gasteiger partial charge on any atom is -0.375 e. The van der Waals surface area contributed by atoms with Crippen LogP contribution in [0.25, 0.3) is 0 Å². The summed E-state index contributed by atoms with van der Waals surface area (Å²) in [5.41, 5.74) is 1.98. The van der Waals surface area contributed by atoms with Crippen LogP contribution in [0, 0.1) is 17.5 Å². The Balaban J connectivity index is 1.31. The number of halogens is 5. The van der Waals surface area contributed by atoms with Gasteiger partial charge < -0.3 is 20.7 Å². The molecule has 0 spiro atoms. The summed E-state index contributed by atoms with van der Waals surface area (Å²) in [5, 5.41) is 8.57. The van der Waals surface area contributed by atoms with Crippen LogP contribution < -0.4 is 16.0 Å². The molecule has 0 aliphatic carbocycles. The molecule has 0 bridgehead atoms. The van der Waals surface area contributed by atoms with Crippen LogP contribution in [-0.2, 0) is 20.7 Å². The molecule has 1 heterocycles. The summed E-state index contributed by atoms with van der Waals surface area (Å²) in [5.74, 6) is -5.95. The third-order valence-electron chi connectivity index (χ3n) is 7.79. The number of alkyl halides is 2. The Morgan fingerprint density at radius 1 is 0.956 bits per heavy atom. The van der Waals surface area contributed by atoms with E-state index in [0.717, 1.165) is 0 Å². The summed E-state index contributed by atoms with van der Waals surface area (Å²) < 4.78 is 75.4. The molecule has 0 aromatic heterocycles. The van der Waals surface area contributed by atoms with Gasteiger partial charge in [-0.15, -0.1) is 0 Å². The molecule has 1 aliphatic heterocycles. The summed E-state index contributed by atoms with van der Waals surface area (Å²) in [6.45, 7) is 2.44. The maximum atomic E-state index is 15.0. The van der Waals surface area contributed by atoms with Crippen molar-refractivity contribution in [3.8, 4) is 0 Å². The molecule has 2 unspecified atom stereocenters. The third kappa shape index (κ3) is 10.4. The van der Waals surface area contributed by atoms with Gasteiger partial charge in [-0.25, -0.2) is 22.0 Å². The SMILES string of the molecule is CCCC(F)(F)CC(=O)NCC1COC(CCc2c(F)cccc2NC(=O)CC(c2ccc(F)cc2)c2ccc(F)cc2)CN1. The second-order valence-corrected chi connectivity index (χ2v) is 11.4. The molecule has 3 aromatic carbocycles. The van der Waals surface area contributed by atoms with Gasteiger partial charge in [-0.1, -0.05) is 43.7 Å². The number of amides is 2. The number of rotatable bonds is 14. The topological polar surface area (TPSA) is 79.5 Å². The zero-order valence-electron chi connectivity index (χ0n) is 25.1. The molecule has 0 radical (unpaired) electrons. The molecule has 1 fully saturated rings. The number of carbonyl (C=O) groups excluding carboxylic acids is 2. The van der Waals surface area contributed by atoms with Gasteiger partial charge in [-0.05, 0) is 60.4 Å².